The molecule has 0 spiro atoms. The topological polar surface area (TPSA) is 114 Å². The highest BCUT2D eigenvalue weighted by Gasteiger charge is 2.19. The first kappa shape index (κ1) is 13.0. The van der Waals surface area contributed by atoms with Gasteiger partial charge in [-0.05, 0) is 19.1 Å². The van der Waals surface area contributed by atoms with Crippen molar-refractivity contribution in [1.82, 2.24) is 25.4 Å². The van der Waals surface area contributed by atoms with E-state index in [1.165, 1.54) is 6.33 Å². The monoisotopic (exact) mass is 285 g/mol. The number of nitrogens with zero attached hydrogens (tertiary/aromatic N) is 3. The number of benzene rings is 1. The number of ether oxygens (including phenoxy) is 1. The molecule has 8 heteroatoms. The number of H-pyrrole nitrogens is 2. The molecule has 3 rings (SSSR count). The van der Waals surface area contributed by atoms with Crippen molar-refractivity contribution in [3.05, 3.63) is 40.6 Å². The fourth-order valence-corrected chi connectivity index (χ4v) is 1.99. The van der Waals surface area contributed by atoms with Gasteiger partial charge in [0, 0.05) is 5.56 Å². The maximum absolute atomic E-state index is 11.8. The van der Waals surface area contributed by atoms with Crippen LogP contribution in [-0.2, 0) is 4.74 Å². The van der Waals surface area contributed by atoms with E-state index < -0.39 is 5.97 Å². The number of fused-ring (bicyclic) bond motifs is 1. The van der Waals surface area contributed by atoms with E-state index in [1.807, 2.05) is 0 Å². The van der Waals surface area contributed by atoms with E-state index in [1.54, 1.807) is 25.1 Å². The third-order valence-corrected chi connectivity index (χ3v) is 2.93. The first-order valence-corrected chi connectivity index (χ1v) is 6.26. The minimum atomic E-state index is -0.568. The van der Waals surface area contributed by atoms with E-state index in [4.69, 9.17) is 4.74 Å². The molecule has 3 aromatic rings. The minimum absolute atomic E-state index is 0.0801. The van der Waals surface area contributed by atoms with Gasteiger partial charge in [0.25, 0.3) is 5.56 Å². The van der Waals surface area contributed by atoms with Gasteiger partial charge in [0.1, 0.15) is 5.69 Å². The first-order chi connectivity index (χ1) is 10.2. The Hall–Kier alpha value is -3.03. The number of aromatic nitrogens is 5. The van der Waals surface area contributed by atoms with Gasteiger partial charge >= 0.3 is 5.97 Å². The number of carbonyl (C=O) groups excluding carboxylic acids is 1. The van der Waals surface area contributed by atoms with E-state index in [-0.39, 0.29) is 17.9 Å². The summed E-state index contributed by atoms with van der Waals surface area (Å²) in [5.74, 6) is -0.568. The molecule has 0 bridgehead atoms. The molecule has 2 aromatic heterocycles. The Balaban J connectivity index is 2.13. The predicted octanol–water partition coefficient (Wildman–Crippen LogP) is 0.885. The van der Waals surface area contributed by atoms with Crippen molar-refractivity contribution >= 4 is 16.9 Å². The molecule has 0 fully saturated rings. The van der Waals surface area contributed by atoms with Crippen molar-refractivity contribution in [1.29, 1.82) is 0 Å². The Morgan fingerprint density at radius 1 is 1.33 bits per heavy atom. The van der Waals surface area contributed by atoms with Crippen LogP contribution < -0.4 is 5.56 Å². The third kappa shape index (κ3) is 2.27. The third-order valence-electron chi connectivity index (χ3n) is 2.93. The lowest BCUT2D eigenvalue weighted by molar-refractivity contribution is 0.0520. The van der Waals surface area contributed by atoms with Crippen LogP contribution in [0, 0.1) is 0 Å². The molecule has 106 valence electrons. The normalized spacial score (nSPS) is 10.7. The van der Waals surface area contributed by atoms with Gasteiger partial charge < -0.3 is 9.72 Å². The molecule has 21 heavy (non-hydrogen) atoms. The summed E-state index contributed by atoms with van der Waals surface area (Å²) in [4.78, 5) is 30.2. The second-order valence-electron chi connectivity index (χ2n) is 4.20. The average Bonchev–Trinajstić information content (AvgIpc) is 2.97. The van der Waals surface area contributed by atoms with Crippen LogP contribution in [0.3, 0.4) is 0 Å². The lowest BCUT2D eigenvalue weighted by Gasteiger charge is -2.02. The molecule has 0 aliphatic carbocycles. The second kappa shape index (κ2) is 5.16. The van der Waals surface area contributed by atoms with Gasteiger partial charge in [-0.2, -0.15) is 10.3 Å². The maximum atomic E-state index is 11.8. The second-order valence-corrected chi connectivity index (χ2v) is 4.20. The Kier molecular flexibility index (Phi) is 3.19. The molecular formula is C13H11N5O3. The largest absolute Gasteiger partial charge is 0.461 e. The summed E-state index contributed by atoms with van der Waals surface area (Å²) in [6.45, 7) is 1.95. The van der Waals surface area contributed by atoms with Crippen LogP contribution in [0.2, 0.25) is 0 Å². The Bertz CT molecular complexity index is 867. The number of rotatable bonds is 3. The summed E-state index contributed by atoms with van der Waals surface area (Å²) in [5, 5.41) is 10.6. The fraction of sp³-hybridized carbons (Fsp3) is 0.154. The van der Waals surface area contributed by atoms with Crippen LogP contribution in [-0.4, -0.2) is 38.0 Å². The molecular weight excluding hydrogens is 274 g/mol. The standard InChI is InChI=1S/C13H11N5O3/c1-2-21-13(20)11-10(16-18-17-11)7-3-4-9-8(5-7)12(19)15-6-14-9/h3-6H,2H2,1H3,(H,14,15,19)(H,16,17,18). The zero-order chi connectivity index (χ0) is 14.8. The van der Waals surface area contributed by atoms with Crippen LogP contribution in [0.15, 0.2) is 29.3 Å². The van der Waals surface area contributed by atoms with E-state index in [2.05, 4.69) is 25.4 Å². The van der Waals surface area contributed by atoms with Gasteiger partial charge in [-0.3, -0.25) is 4.79 Å². The molecule has 0 amide bonds. The molecule has 0 radical (unpaired) electrons. The number of nitrogens with one attached hydrogen (secondary N) is 2. The minimum Gasteiger partial charge on any atom is -0.461 e. The molecule has 8 nitrogen and oxygen atoms in total. The molecule has 0 aliphatic heterocycles. The molecule has 0 atom stereocenters. The molecule has 0 unspecified atom stereocenters. The molecule has 0 saturated carbocycles. The number of hydrogen-bond acceptors (Lipinski definition) is 6. The van der Waals surface area contributed by atoms with Crippen molar-refractivity contribution in [3.8, 4) is 11.3 Å². The van der Waals surface area contributed by atoms with Gasteiger partial charge in [-0.15, -0.1) is 5.10 Å². The average molecular weight is 285 g/mol. The van der Waals surface area contributed by atoms with Crippen molar-refractivity contribution < 1.29 is 9.53 Å². The highest BCUT2D eigenvalue weighted by Crippen LogP contribution is 2.22. The van der Waals surface area contributed by atoms with Gasteiger partial charge in [-0.1, -0.05) is 6.07 Å². The van der Waals surface area contributed by atoms with Crippen LogP contribution in [0.25, 0.3) is 22.2 Å². The van der Waals surface area contributed by atoms with E-state index >= 15 is 0 Å². The highest BCUT2D eigenvalue weighted by atomic mass is 16.5. The zero-order valence-corrected chi connectivity index (χ0v) is 11.1. The Morgan fingerprint density at radius 3 is 3.00 bits per heavy atom. The Morgan fingerprint density at radius 2 is 2.19 bits per heavy atom. The molecule has 2 heterocycles. The van der Waals surface area contributed by atoms with Gasteiger partial charge in [0.15, 0.2) is 5.69 Å². The lowest BCUT2D eigenvalue weighted by atomic mass is 10.1. The summed E-state index contributed by atoms with van der Waals surface area (Å²) in [6.07, 6.45) is 1.34. The SMILES string of the molecule is CCOC(=O)c1n[nH]nc1-c1ccc2nc[nH]c(=O)c2c1. The number of esters is 1. The van der Waals surface area contributed by atoms with Crippen LogP contribution in [0.1, 0.15) is 17.4 Å². The molecule has 2 N–H and O–H groups in total. The van der Waals surface area contributed by atoms with E-state index in [0.29, 0.717) is 22.2 Å². The summed E-state index contributed by atoms with van der Waals surface area (Å²) < 4.78 is 4.92. The van der Waals surface area contributed by atoms with Gasteiger partial charge in [0.05, 0.1) is 23.8 Å². The summed E-state index contributed by atoms with van der Waals surface area (Å²) >= 11 is 0. The summed E-state index contributed by atoms with van der Waals surface area (Å²) in [7, 11) is 0. The summed E-state index contributed by atoms with van der Waals surface area (Å²) in [6, 6.07) is 5.01. The number of aromatic amines is 2. The predicted molar refractivity (Wildman–Crippen MR) is 73.7 cm³/mol. The quantitative estimate of drug-likeness (QED) is 0.691. The van der Waals surface area contributed by atoms with Crippen molar-refractivity contribution in [2.24, 2.45) is 0 Å². The number of carbonyl (C=O) groups is 1. The van der Waals surface area contributed by atoms with Crippen molar-refractivity contribution in [2.45, 2.75) is 6.92 Å². The van der Waals surface area contributed by atoms with Gasteiger partial charge in [0.2, 0.25) is 0 Å². The van der Waals surface area contributed by atoms with Gasteiger partial charge in [-0.25, -0.2) is 9.78 Å². The molecule has 0 aliphatic rings. The lowest BCUT2D eigenvalue weighted by Crippen LogP contribution is -2.08. The fourth-order valence-electron chi connectivity index (χ4n) is 1.99. The summed E-state index contributed by atoms with van der Waals surface area (Å²) in [5.41, 5.74) is 1.29. The highest BCUT2D eigenvalue weighted by molar-refractivity contribution is 5.95. The van der Waals surface area contributed by atoms with Crippen LogP contribution in [0.5, 0.6) is 0 Å². The Labute approximate surface area is 118 Å². The first-order valence-electron chi connectivity index (χ1n) is 6.26. The van der Waals surface area contributed by atoms with Crippen LogP contribution in [0.4, 0.5) is 0 Å². The zero-order valence-electron chi connectivity index (χ0n) is 11.1. The van der Waals surface area contributed by atoms with Crippen LogP contribution >= 0.6 is 0 Å². The maximum Gasteiger partial charge on any atom is 0.361 e. The number of hydrogen-bond donors (Lipinski definition) is 2. The molecule has 1 aromatic carbocycles. The van der Waals surface area contributed by atoms with E-state index in [9.17, 15) is 9.59 Å². The smallest absolute Gasteiger partial charge is 0.361 e. The molecule has 0 saturated heterocycles. The van der Waals surface area contributed by atoms with Crippen molar-refractivity contribution in [3.63, 3.8) is 0 Å². The van der Waals surface area contributed by atoms with E-state index in [0.717, 1.165) is 0 Å². The van der Waals surface area contributed by atoms with Crippen molar-refractivity contribution in [2.75, 3.05) is 6.61 Å².